The first-order chi connectivity index (χ1) is 16.0. The Morgan fingerprint density at radius 2 is 2.03 bits per heavy atom. The van der Waals surface area contributed by atoms with Gasteiger partial charge in [0, 0.05) is 42.0 Å². The topological polar surface area (TPSA) is 60.2 Å². The lowest BCUT2D eigenvalue weighted by Crippen LogP contribution is -2.27. The fraction of sp³-hybridized carbons (Fsp3) is 0.192. The van der Waals surface area contributed by atoms with E-state index >= 15 is 0 Å². The summed E-state index contributed by atoms with van der Waals surface area (Å²) in [7, 11) is 0. The number of halogens is 1. The van der Waals surface area contributed by atoms with Gasteiger partial charge in [0.1, 0.15) is 23.0 Å². The summed E-state index contributed by atoms with van der Waals surface area (Å²) < 4.78 is 21.7. The maximum atomic E-state index is 13.8. The van der Waals surface area contributed by atoms with Gasteiger partial charge >= 0.3 is 0 Å². The van der Waals surface area contributed by atoms with Crippen LogP contribution in [0.25, 0.3) is 22.2 Å². The van der Waals surface area contributed by atoms with Crippen molar-refractivity contribution in [3.63, 3.8) is 0 Å². The molecule has 0 radical (unpaired) electrons. The predicted octanol–water partition coefficient (Wildman–Crippen LogP) is 5.30. The van der Waals surface area contributed by atoms with Crippen LogP contribution < -0.4 is 4.74 Å². The van der Waals surface area contributed by atoms with Gasteiger partial charge in [-0.15, -0.1) is 0 Å². The minimum Gasteiger partial charge on any atom is -0.457 e. The van der Waals surface area contributed by atoms with E-state index in [1.54, 1.807) is 30.2 Å². The van der Waals surface area contributed by atoms with Crippen LogP contribution in [0.15, 0.2) is 73.6 Å². The van der Waals surface area contributed by atoms with Crippen molar-refractivity contribution in [1.29, 1.82) is 0 Å². The van der Waals surface area contributed by atoms with Gasteiger partial charge in [-0.2, -0.15) is 5.10 Å². The fourth-order valence-corrected chi connectivity index (χ4v) is 4.25. The van der Waals surface area contributed by atoms with E-state index in [4.69, 9.17) is 9.84 Å². The van der Waals surface area contributed by atoms with Crippen LogP contribution >= 0.6 is 0 Å². The van der Waals surface area contributed by atoms with Crippen molar-refractivity contribution in [2.45, 2.75) is 19.4 Å². The highest BCUT2D eigenvalue weighted by Gasteiger charge is 2.28. The van der Waals surface area contributed by atoms with Gasteiger partial charge in [-0.3, -0.25) is 14.5 Å². The maximum absolute atomic E-state index is 13.8. The molecule has 0 aliphatic carbocycles. The van der Waals surface area contributed by atoms with E-state index in [1.807, 2.05) is 41.2 Å². The average Bonchev–Trinajstić information content (AvgIpc) is 3.47. The molecule has 1 fully saturated rings. The van der Waals surface area contributed by atoms with Gasteiger partial charge in [0.25, 0.3) is 0 Å². The summed E-state index contributed by atoms with van der Waals surface area (Å²) >= 11 is 0. The zero-order chi connectivity index (χ0) is 22.9. The number of aromatic nitrogens is 3. The average molecular weight is 442 g/mol. The lowest BCUT2D eigenvalue weighted by molar-refractivity contribution is -0.125. The summed E-state index contributed by atoms with van der Waals surface area (Å²) in [6, 6.07) is 14.4. The number of benzene rings is 2. The van der Waals surface area contributed by atoms with Gasteiger partial charge in [0.05, 0.1) is 11.6 Å². The van der Waals surface area contributed by atoms with E-state index in [-0.39, 0.29) is 17.8 Å². The lowest BCUT2D eigenvalue weighted by Gasteiger charge is -2.15. The Balaban J connectivity index is 1.45. The number of fused-ring (bicyclic) bond motifs is 1. The van der Waals surface area contributed by atoms with Crippen molar-refractivity contribution in [1.82, 2.24) is 19.7 Å². The van der Waals surface area contributed by atoms with Crippen LogP contribution in [0.2, 0.25) is 0 Å². The Kier molecular flexibility index (Phi) is 5.38. The smallest absolute Gasteiger partial charge is 0.246 e. The molecule has 1 saturated heterocycles. The molecule has 1 unspecified atom stereocenters. The largest absolute Gasteiger partial charge is 0.457 e. The van der Waals surface area contributed by atoms with E-state index in [9.17, 15) is 9.18 Å². The number of hydrogen-bond acceptors (Lipinski definition) is 4. The van der Waals surface area contributed by atoms with Crippen molar-refractivity contribution in [3.8, 4) is 22.8 Å². The highest BCUT2D eigenvalue weighted by atomic mass is 19.1. The molecule has 7 heteroatoms. The first-order valence-electron chi connectivity index (χ1n) is 10.8. The first kappa shape index (κ1) is 20.9. The standard InChI is InChI=1S/C26H23FN4O2/c1-3-25(32)30-14-12-19(16-30)31-23-11-13-28-15-21(23)26(29-31)18-7-9-20(10-8-18)33-24-6-4-5-22(27)17(24)2/h3-11,13,15,19H,1,12,14,16H2,2H3. The molecular weight excluding hydrogens is 419 g/mol. The molecule has 33 heavy (non-hydrogen) atoms. The number of likely N-dealkylation sites (tertiary alicyclic amines) is 1. The number of amides is 1. The Labute approximate surface area is 190 Å². The minimum atomic E-state index is -0.297. The summed E-state index contributed by atoms with van der Waals surface area (Å²) in [4.78, 5) is 18.1. The second kappa shape index (κ2) is 8.50. The second-order valence-electron chi connectivity index (χ2n) is 8.11. The van der Waals surface area contributed by atoms with E-state index in [0.717, 1.165) is 28.6 Å². The Bertz CT molecular complexity index is 1350. The molecular formula is C26H23FN4O2. The lowest BCUT2D eigenvalue weighted by atomic mass is 10.1. The molecule has 6 nitrogen and oxygen atoms in total. The molecule has 166 valence electrons. The molecule has 2 aromatic carbocycles. The van der Waals surface area contributed by atoms with Crippen LogP contribution in [0.3, 0.4) is 0 Å². The van der Waals surface area contributed by atoms with Gasteiger partial charge in [0.2, 0.25) is 5.91 Å². The van der Waals surface area contributed by atoms with Gasteiger partial charge in [-0.25, -0.2) is 4.39 Å². The van der Waals surface area contributed by atoms with E-state index in [1.165, 1.54) is 12.1 Å². The summed E-state index contributed by atoms with van der Waals surface area (Å²) in [6.07, 6.45) is 5.76. The molecule has 0 bridgehead atoms. The molecule has 3 heterocycles. The molecule has 0 N–H and O–H groups in total. The summed E-state index contributed by atoms with van der Waals surface area (Å²) in [5.41, 5.74) is 3.19. The second-order valence-corrected chi connectivity index (χ2v) is 8.11. The van der Waals surface area contributed by atoms with Gasteiger partial charge in [-0.05, 0) is 61.9 Å². The predicted molar refractivity (Wildman–Crippen MR) is 125 cm³/mol. The number of hydrogen-bond donors (Lipinski definition) is 0. The molecule has 1 amide bonds. The normalized spacial score (nSPS) is 15.7. The molecule has 1 aliphatic rings. The third-order valence-corrected chi connectivity index (χ3v) is 6.08. The van der Waals surface area contributed by atoms with E-state index < -0.39 is 0 Å². The fourth-order valence-electron chi connectivity index (χ4n) is 4.25. The Morgan fingerprint density at radius 3 is 2.82 bits per heavy atom. The van der Waals surface area contributed by atoms with Gasteiger partial charge < -0.3 is 9.64 Å². The van der Waals surface area contributed by atoms with Crippen molar-refractivity contribution < 1.29 is 13.9 Å². The van der Waals surface area contributed by atoms with Crippen molar-refractivity contribution >= 4 is 16.8 Å². The van der Waals surface area contributed by atoms with Gasteiger partial charge in [0.15, 0.2) is 0 Å². The van der Waals surface area contributed by atoms with Crippen molar-refractivity contribution in [3.05, 3.63) is 85.0 Å². The third-order valence-electron chi connectivity index (χ3n) is 6.08. The number of carbonyl (C=O) groups excluding carboxylic acids is 1. The number of ether oxygens (including phenoxy) is 1. The Morgan fingerprint density at radius 1 is 1.21 bits per heavy atom. The van der Waals surface area contributed by atoms with Crippen molar-refractivity contribution in [2.24, 2.45) is 0 Å². The van der Waals surface area contributed by atoms with E-state index in [0.29, 0.717) is 30.2 Å². The molecule has 1 atom stereocenters. The third kappa shape index (κ3) is 3.86. The Hall–Kier alpha value is -4.00. The summed E-state index contributed by atoms with van der Waals surface area (Å²) in [6.45, 7) is 6.56. The summed E-state index contributed by atoms with van der Waals surface area (Å²) in [5, 5.41) is 5.87. The number of rotatable bonds is 5. The molecule has 5 rings (SSSR count). The highest BCUT2D eigenvalue weighted by Crippen LogP contribution is 2.34. The highest BCUT2D eigenvalue weighted by molar-refractivity contribution is 5.93. The maximum Gasteiger partial charge on any atom is 0.246 e. The number of carbonyl (C=O) groups is 1. The SMILES string of the molecule is C=CC(=O)N1CCC(n2nc(-c3ccc(Oc4cccc(F)c4C)cc3)c3cnccc32)C1. The molecule has 0 spiro atoms. The molecule has 0 saturated carbocycles. The number of pyridine rings is 1. The molecule has 1 aliphatic heterocycles. The van der Waals surface area contributed by atoms with Crippen LogP contribution in [-0.4, -0.2) is 38.7 Å². The van der Waals surface area contributed by atoms with Crippen LogP contribution in [0.4, 0.5) is 4.39 Å². The van der Waals surface area contributed by atoms with E-state index in [2.05, 4.69) is 11.6 Å². The van der Waals surface area contributed by atoms with Crippen LogP contribution in [0.5, 0.6) is 11.5 Å². The summed E-state index contributed by atoms with van der Waals surface area (Å²) in [5.74, 6) is 0.749. The zero-order valence-electron chi connectivity index (χ0n) is 18.2. The van der Waals surface area contributed by atoms with Crippen molar-refractivity contribution in [2.75, 3.05) is 13.1 Å². The monoisotopic (exact) mass is 442 g/mol. The van der Waals surface area contributed by atoms with Crippen LogP contribution in [-0.2, 0) is 4.79 Å². The van der Waals surface area contributed by atoms with Crippen LogP contribution in [0, 0.1) is 12.7 Å². The van der Waals surface area contributed by atoms with Crippen LogP contribution in [0.1, 0.15) is 18.0 Å². The number of nitrogens with zero attached hydrogens (tertiary/aromatic N) is 4. The first-order valence-corrected chi connectivity index (χ1v) is 10.8. The zero-order valence-corrected chi connectivity index (χ0v) is 18.2. The molecule has 2 aromatic heterocycles. The van der Waals surface area contributed by atoms with Gasteiger partial charge in [-0.1, -0.05) is 12.6 Å². The quantitative estimate of drug-likeness (QED) is 0.394. The molecule has 4 aromatic rings. The minimum absolute atomic E-state index is 0.0556.